The van der Waals surface area contributed by atoms with Crippen molar-refractivity contribution in [2.75, 3.05) is 13.2 Å². The van der Waals surface area contributed by atoms with Gasteiger partial charge in [-0.2, -0.15) is 0 Å². The van der Waals surface area contributed by atoms with Crippen LogP contribution in [0.3, 0.4) is 0 Å². The molecule has 1 saturated carbocycles. The summed E-state index contributed by atoms with van der Waals surface area (Å²) in [5.41, 5.74) is 2.82. The van der Waals surface area contributed by atoms with Gasteiger partial charge >= 0.3 is 0 Å². The maximum absolute atomic E-state index is 5.59. The number of benzene rings is 1. The molecule has 1 heterocycles. The lowest BCUT2D eigenvalue weighted by Crippen LogP contribution is -2.26. The lowest BCUT2D eigenvalue weighted by atomic mass is 9.99. The average Bonchev–Trinajstić information content (AvgIpc) is 3.09. The third-order valence-corrected chi connectivity index (χ3v) is 4.65. The van der Waals surface area contributed by atoms with E-state index in [-0.39, 0.29) is 0 Å². The van der Waals surface area contributed by atoms with Crippen molar-refractivity contribution in [3.63, 3.8) is 0 Å². The van der Waals surface area contributed by atoms with Crippen molar-refractivity contribution in [2.24, 2.45) is 5.92 Å². The molecule has 0 spiro atoms. The van der Waals surface area contributed by atoms with Crippen LogP contribution in [-0.2, 0) is 6.42 Å². The van der Waals surface area contributed by atoms with Gasteiger partial charge in [0.2, 0.25) is 0 Å². The maximum Gasteiger partial charge on any atom is 0.122 e. The molecule has 0 amide bonds. The number of rotatable bonds is 5. The van der Waals surface area contributed by atoms with Crippen LogP contribution in [0.4, 0.5) is 0 Å². The molecule has 0 bridgehead atoms. The fourth-order valence-electron chi connectivity index (χ4n) is 3.44. The first kappa shape index (κ1) is 13.0. The zero-order chi connectivity index (χ0) is 13.1. The third-order valence-electron chi connectivity index (χ3n) is 4.65. The van der Waals surface area contributed by atoms with E-state index in [1.54, 1.807) is 0 Å². The van der Waals surface area contributed by atoms with Crippen molar-refractivity contribution in [2.45, 2.75) is 51.5 Å². The van der Waals surface area contributed by atoms with Crippen LogP contribution >= 0.6 is 0 Å². The van der Waals surface area contributed by atoms with Crippen molar-refractivity contribution < 1.29 is 4.74 Å². The molecule has 0 radical (unpaired) electrons. The van der Waals surface area contributed by atoms with Crippen molar-refractivity contribution in [3.8, 4) is 5.75 Å². The van der Waals surface area contributed by atoms with Crippen molar-refractivity contribution in [1.29, 1.82) is 0 Å². The molecular formula is C17H25NO. The molecule has 1 aromatic rings. The predicted molar refractivity (Wildman–Crippen MR) is 78.6 cm³/mol. The van der Waals surface area contributed by atoms with E-state index >= 15 is 0 Å². The molecule has 1 aliphatic heterocycles. The maximum atomic E-state index is 5.59. The average molecular weight is 259 g/mol. The highest BCUT2D eigenvalue weighted by atomic mass is 16.5. The molecule has 2 nitrogen and oxygen atoms in total. The van der Waals surface area contributed by atoms with E-state index in [4.69, 9.17) is 4.74 Å². The topological polar surface area (TPSA) is 21.3 Å². The van der Waals surface area contributed by atoms with Crippen molar-refractivity contribution in [1.82, 2.24) is 5.32 Å². The van der Waals surface area contributed by atoms with Gasteiger partial charge in [-0.15, -0.1) is 0 Å². The molecule has 1 fully saturated rings. The zero-order valence-corrected chi connectivity index (χ0v) is 12.0. The first-order valence-corrected chi connectivity index (χ1v) is 7.86. The highest BCUT2D eigenvalue weighted by molar-refractivity contribution is 5.40. The molecule has 1 unspecified atom stereocenters. The number of nitrogens with one attached hydrogen (secondary N) is 1. The normalized spacial score (nSPS) is 20.3. The summed E-state index contributed by atoms with van der Waals surface area (Å²) in [5.74, 6) is 2.00. The SMILES string of the molecule is CCC(NCC1CCCC1)c1ccc2c(c1)CCO2. The molecule has 1 atom stereocenters. The van der Waals surface area contributed by atoms with Gasteiger partial charge in [-0.1, -0.05) is 31.9 Å². The van der Waals surface area contributed by atoms with Crippen LogP contribution in [0.2, 0.25) is 0 Å². The molecule has 2 heteroatoms. The van der Waals surface area contributed by atoms with E-state index in [0.717, 1.165) is 31.1 Å². The Morgan fingerprint density at radius 2 is 2.16 bits per heavy atom. The van der Waals surface area contributed by atoms with Gasteiger partial charge in [0.1, 0.15) is 5.75 Å². The molecule has 1 aromatic carbocycles. The highest BCUT2D eigenvalue weighted by Crippen LogP contribution is 2.30. The van der Waals surface area contributed by atoms with Crippen LogP contribution in [0.1, 0.15) is 56.2 Å². The summed E-state index contributed by atoms with van der Waals surface area (Å²) in [6, 6.07) is 7.24. The van der Waals surface area contributed by atoms with Crippen LogP contribution in [-0.4, -0.2) is 13.2 Å². The monoisotopic (exact) mass is 259 g/mol. The van der Waals surface area contributed by atoms with Crippen LogP contribution in [0, 0.1) is 5.92 Å². The largest absolute Gasteiger partial charge is 0.493 e. The van der Waals surface area contributed by atoms with Gasteiger partial charge in [-0.05, 0) is 48.9 Å². The van der Waals surface area contributed by atoms with Gasteiger partial charge in [0, 0.05) is 12.5 Å². The van der Waals surface area contributed by atoms with Gasteiger partial charge in [0.25, 0.3) is 0 Å². The van der Waals surface area contributed by atoms with Crippen molar-refractivity contribution in [3.05, 3.63) is 29.3 Å². The van der Waals surface area contributed by atoms with Crippen LogP contribution < -0.4 is 10.1 Å². The van der Waals surface area contributed by atoms with E-state index in [0.29, 0.717) is 6.04 Å². The van der Waals surface area contributed by atoms with E-state index in [2.05, 4.69) is 30.4 Å². The summed E-state index contributed by atoms with van der Waals surface area (Å²) in [5, 5.41) is 3.78. The van der Waals surface area contributed by atoms with E-state index in [9.17, 15) is 0 Å². The number of hydrogen-bond acceptors (Lipinski definition) is 2. The summed E-state index contributed by atoms with van der Waals surface area (Å²) in [4.78, 5) is 0. The zero-order valence-electron chi connectivity index (χ0n) is 12.0. The van der Waals surface area contributed by atoms with Gasteiger partial charge in [0.15, 0.2) is 0 Å². The smallest absolute Gasteiger partial charge is 0.122 e. The van der Waals surface area contributed by atoms with Gasteiger partial charge < -0.3 is 10.1 Å². The second-order valence-corrected chi connectivity index (χ2v) is 5.99. The molecule has 0 saturated heterocycles. The summed E-state index contributed by atoms with van der Waals surface area (Å²) in [6.07, 6.45) is 7.93. The molecular weight excluding hydrogens is 234 g/mol. The van der Waals surface area contributed by atoms with Gasteiger partial charge in [0.05, 0.1) is 6.61 Å². The van der Waals surface area contributed by atoms with Crippen LogP contribution in [0.25, 0.3) is 0 Å². The lowest BCUT2D eigenvalue weighted by Gasteiger charge is -2.20. The quantitative estimate of drug-likeness (QED) is 0.867. The van der Waals surface area contributed by atoms with E-state index in [1.165, 1.54) is 43.4 Å². The van der Waals surface area contributed by atoms with Gasteiger partial charge in [-0.3, -0.25) is 0 Å². The fourth-order valence-corrected chi connectivity index (χ4v) is 3.44. The minimum absolute atomic E-state index is 0.506. The molecule has 19 heavy (non-hydrogen) atoms. The molecule has 0 aromatic heterocycles. The van der Waals surface area contributed by atoms with E-state index < -0.39 is 0 Å². The first-order valence-electron chi connectivity index (χ1n) is 7.86. The molecule has 2 aliphatic rings. The Hall–Kier alpha value is -1.02. The summed E-state index contributed by atoms with van der Waals surface area (Å²) in [7, 11) is 0. The van der Waals surface area contributed by atoms with Crippen LogP contribution in [0.15, 0.2) is 18.2 Å². The second kappa shape index (κ2) is 5.96. The minimum atomic E-state index is 0.506. The fraction of sp³-hybridized carbons (Fsp3) is 0.647. The molecule has 104 valence electrons. The second-order valence-electron chi connectivity index (χ2n) is 5.99. The third kappa shape index (κ3) is 2.94. The standard InChI is InChI=1S/C17H25NO/c1-2-16(18-12-13-5-3-4-6-13)14-7-8-17-15(11-14)9-10-19-17/h7-8,11,13,16,18H,2-6,9-10,12H2,1H3. The predicted octanol–water partition coefficient (Wildman–Crippen LogP) is 3.85. The Labute approximate surface area is 116 Å². The Morgan fingerprint density at radius 1 is 1.32 bits per heavy atom. The number of hydrogen-bond donors (Lipinski definition) is 1. The Balaban J connectivity index is 1.64. The minimum Gasteiger partial charge on any atom is -0.493 e. The summed E-state index contributed by atoms with van der Waals surface area (Å²) >= 11 is 0. The Bertz CT molecular complexity index is 423. The van der Waals surface area contributed by atoms with Crippen molar-refractivity contribution >= 4 is 0 Å². The number of ether oxygens (including phenoxy) is 1. The lowest BCUT2D eigenvalue weighted by molar-refractivity contribution is 0.356. The Morgan fingerprint density at radius 3 is 2.95 bits per heavy atom. The molecule has 1 N–H and O–H groups in total. The Kier molecular flexibility index (Phi) is 4.07. The molecule has 1 aliphatic carbocycles. The van der Waals surface area contributed by atoms with E-state index in [1.807, 2.05) is 0 Å². The van der Waals surface area contributed by atoms with Gasteiger partial charge in [-0.25, -0.2) is 0 Å². The molecule has 3 rings (SSSR count). The van der Waals surface area contributed by atoms with Crippen LogP contribution in [0.5, 0.6) is 5.75 Å². The highest BCUT2D eigenvalue weighted by Gasteiger charge is 2.19. The summed E-state index contributed by atoms with van der Waals surface area (Å²) in [6.45, 7) is 4.31. The number of fused-ring (bicyclic) bond motifs is 1. The first-order chi connectivity index (χ1) is 9.36. The summed E-state index contributed by atoms with van der Waals surface area (Å²) < 4.78 is 5.59.